The highest BCUT2D eigenvalue weighted by molar-refractivity contribution is 7.23. The van der Waals surface area contributed by atoms with E-state index in [0.717, 1.165) is 43.7 Å². The molecule has 4 aliphatic rings. The largest absolute Gasteiger partial charge is 0.491 e. The summed E-state index contributed by atoms with van der Waals surface area (Å²) in [6.07, 6.45) is 0.824. The summed E-state index contributed by atoms with van der Waals surface area (Å²) in [7, 11) is 0. The Morgan fingerprint density at radius 3 is 2.83 bits per heavy atom. The lowest BCUT2D eigenvalue weighted by atomic mass is 9.92. The summed E-state index contributed by atoms with van der Waals surface area (Å²) in [5.41, 5.74) is 5.75. The van der Waals surface area contributed by atoms with Crippen molar-refractivity contribution in [2.45, 2.75) is 63.5 Å². The van der Waals surface area contributed by atoms with Crippen molar-refractivity contribution in [3.63, 3.8) is 0 Å². The Labute approximate surface area is 306 Å². The number of amides is 1. The Hall–Kier alpha value is -4.13. The molecule has 4 aromatic rings. The van der Waals surface area contributed by atoms with Crippen LogP contribution in [0.3, 0.4) is 0 Å². The Balaban J connectivity index is 1.32. The fraction of sp³-hybridized carbons (Fsp3) is 0.500. The Bertz CT molecular complexity index is 2150. The molecule has 2 aromatic heterocycles. The molecule has 0 aliphatic carbocycles. The number of anilines is 2. The molecule has 16 heteroatoms. The average Bonchev–Trinajstić information content (AvgIpc) is 3.74. The van der Waals surface area contributed by atoms with Crippen LogP contribution >= 0.6 is 22.9 Å². The number of carbonyl (C=O) groups is 1. The second-order valence-corrected chi connectivity index (χ2v) is 15.7. The number of rotatable bonds is 6. The van der Waals surface area contributed by atoms with Crippen LogP contribution in [0.4, 0.5) is 28.4 Å². The zero-order chi connectivity index (χ0) is 36.5. The molecule has 4 aliphatic heterocycles. The molecular formula is C36H36ClF4N7O3S. The number of fused-ring (bicyclic) bond motifs is 4. The minimum Gasteiger partial charge on any atom is -0.491 e. The minimum absolute atomic E-state index is 0.00115. The van der Waals surface area contributed by atoms with E-state index in [1.807, 2.05) is 11.0 Å². The van der Waals surface area contributed by atoms with Crippen molar-refractivity contribution in [2.75, 3.05) is 56.6 Å². The molecule has 2 aromatic carbocycles. The molecule has 3 saturated heterocycles. The van der Waals surface area contributed by atoms with Crippen molar-refractivity contribution in [1.29, 1.82) is 5.26 Å². The topological polar surface area (TPSA) is 121 Å². The maximum atomic E-state index is 17.4. The van der Waals surface area contributed by atoms with E-state index in [9.17, 15) is 18.8 Å². The Morgan fingerprint density at radius 1 is 1.21 bits per heavy atom. The van der Waals surface area contributed by atoms with E-state index in [0.29, 0.717) is 25.3 Å². The van der Waals surface area contributed by atoms with Gasteiger partial charge in [-0.1, -0.05) is 24.6 Å². The number of hydrogen-bond donors (Lipinski definition) is 1. The predicted octanol–water partition coefficient (Wildman–Crippen LogP) is 7.00. The highest BCUT2D eigenvalue weighted by atomic mass is 35.5. The van der Waals surface area contributed by atoms with Gasteiger partial charge in [0.25, 0.3) is 6.43 Å². The van der Waals surface area contributed by atoms with Crippen LogP contribution in [-0.2, 0) is 4.79 Å². The molecular weight excluding hydrogens is 722 g/mol. The number of hydrogen-bond acceptors (Lipinski definition) is 10. The number of benzene rings is 2. The molecule has 274 valence electrons. The first-order valence-electron chi connectivity index (χ1n) is 17.5. The number of aromatic nitrogens is 2. The quantitative estimate of drug-likeness (QED) is 0.208. The molecule has 0 radical (unpaired) electrons. The van der Waals surface area contributed by atoms with Gasteiger partial charge in [-0.25, -0.2) is 17.6 Å². The molecule has 10 nitrogen and oxygen atoms in total. The van der Waals surface area contributed by atoms with Crippen LogP contribution in [0.5, 0.6) is 11.8 Å². The molecule has 8 rings (SSSR count). The maximum absolute atomic E-state index is 17.4. The van der Waals surface area contributed by atoms with Crippen molar-refractivity contribution in [1.82, 2.24) is 19.8 Å². The lowest BCUT2D eigenvalue weighted by Gasteiger charge is -2.39. The van der Waals surface area contributed by atoms with E-state index in [4.69, 9.17) is 31.8 Å². The molecule has 0 saturated carbocycles. The third-order valence-corrected chi connectivity index (χ3v) is 12.4. The number of nitrogens with zero attached hydrogens (tertiary/aromatic N) is 6. The van der Waals surface area contributed by atoms with Gasteiger partial charge in [0.05, 0.1) is 39.4 Å². The zero-order valence-electron chi connectivity index (χ0n) is 28.4. The van der Waals surface area contributed by atoms with E-state index in [1.54, 1.807) is 0 Å². The third-order valence-electron chi connectivity index (χ3n) is 11.0. The third kappa shape index (κ3) is 5.74. The first-order chi connectivity index (χ1) is 25.0. The highest BCUT2D eigenvalue weighted by Gasteiger charge is 2.48. The number of alkyl halides is 2. The molecule has 3 fully saturated rings. The summed E-state index contributed by atoms with van der Waals surface area (Å²) in [6.45, 7) is 4.25. The number of nitriles is 1. The van der Waals surface area contributed by atoms with Gasteiger partial charge in [0.15, 0.2) is 11.6 Å². The monoisotopic (exact) mass is 757 g/mol. The van der Waals surface area contributed by atoms with E-state index in [2.05, 4.69) is 16.8 Å². The van der Waals surface area contributed by atoms with Crippen molar-refractivity contribution in [3.8, 4) is 29.0 Å². The second kappa shape index (κ2) is 13.4. The first kappa shape index (κ1) is 34.9. The number of nitrogens with two attached hydrogens (primary N) is 1. The molecule has 52 heavy (non-hydrogen) atoms. The molecule has 3 atom stereocenters. The van der Waals surface area contributed by atoms with Crippen molar-refractivity contribution >= 4 is 60.7 Å². The van der Waals surface area contributed by atoms with E-state index >= 15 is 8.78 Å². The van der Waals surface area contributed by atoms with Gasteiger partial charge in [-0.3, -0.25) is 9.69 Å². The molecule has 0 spiro atoms. The number of carbonyl (C=O) groups excluding carboxylic acids is 1. The van der Waals surface area contributed by atoms with Gasteiger partial charge < -0.3 is 25.0 Å². The van der Waals surface area contributed by atoms with Gasteiger partial charge in [-0.2, -0.15) is 15.2 Å². The normalized spacial score (nSPS) is 23.6. The van der Waals surface area contributed by atoms with Crippen LogP contribution in [-0.4, -0.2) is 89.6 Å². The molecule has 0 bridgehead atoms. The maximum Gasteiger partial charge on any atom is 0.319 e. The Morgan fingerprint density at radius 2 is 2.04 bits per heavy atom. The van der Waals surface area contributed by atoms with Crippen molar-refractivity contribution < 1.29 is 31.8 Å². The van der Waals surface area contributed by atoms with Gasteiger partial charge in [0.2, 0.25) is 5.91 Å². The van der Waals surface area contributed by atoms with Crippen LogP contribution < -0.4 is 20.1 Å². The van der Waals surface area contributed by atoms with E-state index in [1.165, 1.54) is 17.0 Å². The first-order valence-corrected chi connectivity index (χ1v) is 18.7. The van der Waals surface area contributed by atoms with Crippen molar-refractivity contribution in [3.05, 3.63) is 34.4 Å². The SMILES string of the molecule is C[C@H]1CN2CCC[C@@]2(COc2nc3c4c(c(Cl)c(-c5ccc(F)c6sc(N)c(C#N)c56)c(F)c4n2)OCCC2CC(=O)N(CC(F)F)CCCN32)C1. The molecule has 6 heterocycles. The van der Waals surface area contributed by atoms with Gasteiger partial charge in [0, 0.05) is 49.5 Å². The zero-order valence-corrected chi connectivity index (χ0v) is 29.9. The molecule has 2 N–H and O–H groups in total. The summed E-state index contributed by atoms with van der Waals surface area (Å²) < 4.78 is 71.9. The lowest BCUT2D eigenvalue weighted by molar-refractivity contribution is -0.134. The summed E-state index contributed by atoms with van der Waals surface area (Å²) in [5.74, 6) is -1.07. The summed E-state index contributed by atoms with van der Waals surface area (Å²) in [4.78, 5) is 28.3. The van der Waals surface area contributed by atoms with Crippen LogP contribution in [0.1, 0.15) is 51.0 Å². The number of nitrogen functional groups attached to an aromatic ring is 1. The Kier molecular flexibility index (Phi) is 8.98. The van der Waals surface area contributed by atoms with Crippen LogP contribution in [0.25, 0.3) is 32.1 Å². The summed E-state index contributed by atoms with van der Waals surface area (Å²) in [5, 5.41) is 10.2. The van der Waals surface area contributed by atoms with E-state index < -0.39 is 36.6 Å². The van der Waals surface area contributed by atoms with E-state index in [-0.39, 0.29) is 97.0 Å². The van der Waals surface area contributed by atoms with Crippen molar-refractivity contribution in [2.24, 2.45) is 5.92 Å². The second-order valence-electron chi connectivity index (χ2n) is 14.3. The van der Waals surface area contributed by atoms with Gasteiger partial charge in [0.1, 0.15) is 34.8 Å². The summed E-state index contributed by atoms with van der Waals surface area (Å²) >= 11 is 7.96. The fourth-order valence-corrected chi connectivity index (χ4v) is 10.1. The van der Waals surface area contributed by atoms with Gasteiger partial charge in [-0.05, 0) is 49.8 Å². The van der Waals surface area contributed by atoms with Gasteiger partial charge in [-0.15, -0.1) is 11.3 Å². The fourth-order valence-electron chi connectivity index (χ4n) is 8.78. The van der Waals surface area contributed by atoms with Crippen LogP contribution in [0.2, 0.25) is 5.02 Å². The minimum atomic E-state index is -2.66. The van der Waals surface area contributed by atoms with Gasteiger partial charge >= 0.3 is 6.01 Å². The predicted molar refractivity (Wildman–Crippen MR) is 190 cm³/mol. The van der Waals surface area contributed by atoms with Crippen LogP contribution in [0, 0.1) is 28.9 Å². The molecule has 1 amide bonds. The number of ether oxygens (including phenoxy) is 2. The highest BCUT2D eigenvalue weighted by Crippen LogP contribution is 2.51. The number of thiophene rings is 1. The average molecular weight is 758 g/mol. The molecule has 1 unspecified atom stereocenters. The van der Waals surface area contributed by atoms with Crippen LogP contribution in [0.15, 0.2) is 12.1 Å². The standard InChI is InChI=1S/C36H36ClF4N7O3S/c1-18-13-36(7-2-9-47(36)15-18)17-51-35-44-30-27-31(28(37)26(29(30)41)20-4-5-22(38)32-25(20)21(14-42)33(43)52-32)50-11-6-19-12-24(49)46(16-23(39)40)8-3-10-48(19)34(27)45-35/h4-5,18-19,23H,2-3,6-13,15-17,43H2,1H3/t18-,19?,36+/m1/s1. The smallest absolute Gasteiger partial charge is 0.319 e. The summed E-state index contributed by atoms with van der Waals surface area (Å²) in [6, 6.07) is 3.96. The number of halogens is 5. The lowest BCUT2D eigenvalue weighted by Crippen LogP contribution is -2.48.